The molecule has 0 radical (unpaired) electrons. The van der Waals surface area contributed by atoms with Crippen LogP contribution in [0.4, 0.5) is 17.1 Å². The van der Waals surface area contributed by atoms with Crippen molar-refractivity contribution in [3.8, 4) is 27.9 Å². The molecular formula is C56H44N2. The molecule has 0 N–H and O–H groups in total. The van der Waals surface area contributed by atoms with Gasteiger partial charge in [0.05, 0.1) is 11.0 Å². The summed E-state index contributed by atoms with van der Waals surface area (Å²) >= 11 is 0. The van der Waals surface area contributed by atoms with Gasteiger partial charge in [-0.2, -0.15) is 0 Å². The van der Waals surface area contributed by atoms with Gasteiger partial charge in [-0.3, -0.25) is 0 Å². The highest BCUT2D eigenvalue weighted by molar-refractivity contribution is 6.11. The van der Waals surface area contributed by atoms with E-state index in [1.54, 1.807) is 11.1 Å². The maximum absolute atomic E-state index is 2.56. The molecule has 2 nitrogen and oxygen atoms in total. The number of anilines is 3. The molecular weight excluding hydrogens is 701 g/mol. The van der Waals surface area contributed by atoms with Crippen LogP contribution < -0.4 is 4.90 Å². The van der Waals surface area contributed by atoms with E-state index in [2.05, 4.69) is 191 Å². The lowest BCUT2D eigenvalue weighted by Gasteiger charge is -2.61. The van der Waals surface area contributed by atoms with Gasteiger partial charge in [-0.15, -0.1) is 0 Å². The fourth-order valence-corrected chi connectivity index (χ4v) is 13.0. The van der Waals surface area contributed by atoms with Crippen LogP contribution in [0, 0.1) is 23.7 Å². The normalized spacial score (nSPS) is 22.6. The van der Waals surface area contributed by atoms with Crippen molar-refractivity contribution < 1.29 is 0 Å². The highest BCUT2D eigenvalue weighted by Crippen LogP contribution is 2.69. The molecule has 1 heterocycles. The molecule has 0 aliphatic heterocycles. The monoisotopic (exact) mass is 744 g/mol. The van der Waals surface area contributed by atoms with E-state index < -0.39 is 0 Å². The van der Waals surface area contributed by atoms with Crippen molar-refractivity contribution in [1.29, 1.82) is 0 Å². The van der Waals surface area contributed by atoms with Crippen molar-refractivity contribution in [1.82, 2.24) is 4.57 Å². The van der Waals surface area contributed by atoms with Crippen LogP contribution in [0.25, 0.3) is 60.5 Å². The molecule has 1 spiro atoms. The summed E-state index contributed by atoms with van der Waals surface area (Å²) in [4.78, 5) is 2.51. The summed E-state index contributed by atoms with van der Waals surface area (Å²) < 4.78 is 2.41. The Labute approximate surface area is 340 Å². The van der Waals surface area contributed by atoms with Crippen molar-refractivity contribution >= 4 is 49.6 Å². The van der Waals surface area contributed by atoms with Gasteiger partial charge in [0.1, 0.15) is 0 Å². The van der Waals surface area contributed by atoms with Gasteiger partial charge in [0.2, 0.25) is 0 Å². The highest BCUT2D eigenvalue weighted by Gasteiger charge is 2.61. The zero-order valence-corrected chi connectivity index (χ0v) is 32.6. The van der Waals surface area contributed by atoms with Gasteiger partial charge in [-0.25, -0.2) is 0 Å². The molecule has 4 saturated carbocycles. The van der Waals surface area contributed by atoms with Crippen LogP contribution in [-0.4, -0.2) is 4.57 Å². The van der Waals surface area contributed by atoms with Gasteiger partial charge < -0.3 is 9.47 Å². The van der Waals surface area contributed by atoms with Crippen LogP contribution in [0.3, 0.4) is 0 Å². The van der Waals surface area contributed by atoms with E-state index in [1.807, 2.05) is 0 Å². The number of aromatic nitrogens is 1. The highest BCUT2D eigenvalue weighted by atomic mass is 15.1. The fraction of sp³-hybridized carbons (Fsp3) is 0.179. The van der Waals surface area contributed by atoms with Gasteiger partial charge in [-0.1, -0.05) is 121 Å². The van der Waals surface area contributed by atoms with Crippen LogP contribution in [0.15, 0.2) is 182 Å². The van der Waals surface area contributed by atoms with Crippen LogP contribution in [0.1, 0.15) is 43.2 Å². The summed E-state index contributed by atoms with van der Waals surface area (Å²) in [5.74, 6) is 3.36. The number of hydrogen-bond donors (Lipinski definition) is 0. The molecule has 0 saturated heterocycles. The third-order valence-electron chi connectivity index (χ3n) is 15.0. The summed E-state index contributed by atoms with van der Waals surface area (Å²) in [5, 5.41) is 5.07. The third kappa shape index (κ3) is 4.55. The molecule has 278 valence electrons. The topological polar surface area (TPSA) is 8.17 Å². The second-order valence-corrected chi connectivity index (χ2v) is 17.7. The molecule has 4 bridgehead atoms. The van der Waals surface area contributed by atoms with Crippen molar-refractivity contribution in [3.05, 3.63) is 193 Å². The first kappa shape index (κ1) is 32.7. The quantitative estimate of drug-likeness (QED) is 0.170. The second kappa shape index (κ2) is 12.3. The summed E-state index contributed by atoms with van der Waals surface area (Å²) in [6, 6.07) is 68.4. The number of hydrogen-bond acceptors (Lipinski definition) is 1. The van der Waals surface area contributed by atoms with E-state index in [1.165, 1.54) is 98.3 Å². The Morgan fingerprint density at radius 2 is 1.02 bits per heavy atom. The van der Waals surface area contributed by atoms with E-state index in [0.717, 1.165) is 35.0 Å². The maximum atomic E-state index is 2.56. The van der Waals surface area contributed by atoms with Gasteiger partial charge >= 0.3 is 0 Å². The predicted molar refractivity (Wildman–Crippen MR) is 242 cm³/mol. The minimum absolute atomic E-state index is 0.154. The average molecular weight is 745 g/mol. The minimum Gasteiger partial charge on any atom is -0.310 e. The minimum atomic E-state index is 0.154. The first-order valence-electron chi connectivity index (χ1n) is 21.4. The van der Waals surface area contributed by atoms with Gasteiger partial charge in [0.25, 0.3) is 0 Å². The Morgan fingerprint density at radius 1 is 0.414 bits per heavy atom. The van der Waals surface area contributed by atoms with Crippen LogP contribution in [0.5, 0.6) is 0 Å². The Morgan fingerprint density at radius 3 is 1.84 bits per heavy atom. The third-order valence-corrected chi connectivity index (χ3v) is 15.0. The molecule has 5 aliphatic rings. The molecule has 4 fully saturated rings. The standard InChI is InChI=1S/C56H44N2/c1-2-13-42(14-3-1)58-54-20-9-7-17-49(54)51-35-45(26-28-55(51)58)57(43-23-21-39(22-24-43)47-18-10-12-38-11-4-5-15-46(38)47)44-25-27-53-50(34-44)48-16-6-8-19-52(48)56(53)40-30-36-29-37(32-40)33-41(56)31-36/h1-28,34-37,40-41H,29-33H2. The fourth-order valence-electron chi connectivity index (χ4n) is 13.0. The molecule has 14 rings (SSSR count). The molecule has 58 heavy (non-hydrogen) atoms. The molecule has 5 aliphatic carbocycles. The molecule has 1 aromatic heterocycles. The molecule has 0 amide bonds. The molecule has 8 aromatic carbocycles. The van der Waals surface area contributed by atoms with Crippen LogP contribution in [-0.2, 0) is 5.41 Å². The van der Waals surface area contributed by atoms with E-state index >= 15 is 0 Å². The number of fused-ring (bicyclic) bond motifs is 7. The Kier molecular flexibility index (Phi) is 6.94. The van der Waals surface area contributed by atoms with Gasteiger partial charge in [0.15, 0.2) is 0 Å². The number of rotatable bonds is 5. The predicted octanol–water partition coefficient (Wildman–Crippen LogP) is 14.8. The van der Waals surface area contributed by atoms with Crippen molar-refractivity contribution in [2.45, 2.75) is 37.5 Å². The molecule has 0 atom stereocenters. The average Bonchev–Trinajstić information content (AvgIpc) is 3.76. The Hall–Kier alpha value is -6.38. The zero-order valence-electron chi connectivity index (χ0n) is 32.6. The Bertz CT molecular complexity index is 3040. The Balaban J connectivity index is 1.01. The van der Waals surface area contributed by atoms with Crippen LogP contribution >= 0.6 is 0 Å². The second-order valence-electron chi connectivity index (χ2n) is 17.7. The molecule has 9 aromatic rings. The lowest BCUT2D eigenvalue weighted by molar-refractivity contribution is -0.0399. The first-order valence-corrected chi connectivity index (χ1v) is 21.4. The van der Waals surface area contributed by atoms with Crippen molar-refractivity contribution in [3.63, 3.8) is 0 Å². The van der Waals surface area contributed by atoms with E-state index in [4.69, 9.17) is 0 Å². The number of para-hydroxylation sites is 2. The summed E-state index contributed by atoms with van der Waals surface area (Å²) in [7, 11) is 0. The van der Waals surface area contributed by atoms with Gasteiger partial charge in [0, 0.05) is 38.9 Å². The lowest BCUT2D eigenvalue weighted by Crippen LogP contribution is -2.55. The molecule has 0 unspecified atom stereocenters. The van der Waals surface area contributed by atoms with Crippen molar-refractivity contribution in [2.24, 2.45) is 23.7 Å². The number of benzene rings is 8. The SMILES string of the molecule is c1ccc(-n2c3ccccc3c3cc(N(c4ccc(-c5cccc6ccccc56)cc4)c4ccc5c(c4)-c4ccccc4C54C5CC6CC(C5)CC4C6)ccc32)cc1. The lowest BCUT2D eigenvalue weighted by atomic mass is 9.43. The summed E-state index contributed by atoms with van der Waals surface area (Å²) in [5.41, 5.74) is 15.9. The van der Waals surface area contributed by atoms with E-state index in [0.29, 0.717) is 0 Å². The summed E-state index contributed by atoms with van der Waals surface area (Å²) in [6.07, 6.45) is 7.06. The maximum Gasteiger partial charge on any atom is 0.0542 e. The zero-order chi connectivity index (χ0) is 38.0. The largest absolute Gasteiger partial charge is 0.310 e. The first-order chi connectivity index (χ1) is 28.7. The van der Waals surface area contributed by atoms with E-state index in [9.17, 15) is 0 Å². The van der Waals surface area contributed by atoms with E-state index in [-0.39, 0.29) is 5.41 Å². The smallest absolute Gasteiger partial charge is 0.0542 e. The van der Waals surface area contributed by atoms with Gasteiger partial charge in [-0.05, 0) is 161 Å². The van der Waals surface area contributed by atoms with Crippen LogP contribution in [0.2, 0.25) is 0 Å². The molecule has 2 heteroatoms. The number of nitrogens with zero attached hydrogens (tertiary/aromatic N) is 2. The van der Waals surface area contributed by atoms with Crippen molar-refractivity contribution in [2.75, 3.05) is 4.90 Å². The summed E-state index contributed by atoms with van der Waals surface area (Å²) in [6.45, 7) is 0.